The van der Waals surface area contributed by atoms with Crippen molar-refractivity contribution >= 4 is 40.7 Å². The standard InChI is InChI=1S/C23H20ClNO2S/c1-16-7-10-19(11-8-16)28-14-13-22(26)25-21-12-9-18(24)15-20(21)23(27)17-5-3-2-4-6-17/h2-12,15H,13-14H2,1H3,(H,25,26). The molecule has 142 valence electrons. The predicted molar refractivity (Wildman–Crippen MR) is 116 cm³/mol. The molecule has 0 aliphatic heterocycles. The van der Waals surface area contributed by atoms with E-state index in [-0.39, 0.29) is 11.7 Å². The Balaban J connectivity index is 1.65. The summed E-state index contributed by atoms with van der Waals surface area (Å²) >= 11 is 7.71. The molecule has 0 spiro atoms. The van der Waals surface area contributed by atoms with Gasteiger partial charge in [-0.05, 0) is 37.3 Å². The van der Waals surface area contributed by atoms with Crippen LogP contribution in [0.2, 0.25) is 5.02 Å². The van der Waals surface area contributed by atoms with Gasteiger partial charge >= 0.3 is 0 Å². The van der Waals surface area contributed by atoms with Gasteiger partial charge in [0.15, 0.2) is 5.78 Å². The average Bonchev–Trinajstić information content (AvgIpc) is 2.71. The molecule has 0 aromatic heterocycles. The van der Waals surface area contributed by atoms with Crippen LogP contribution in [-0.2, 0) is 4.79 Å². The lowest BCUT2D eigenvalue weighted by molar-refractivity contribution is -0.115. The fourth-order valence-electron chi connectivity index (χ4n) is 2.67. The number of thioether (sulfide) groups is 1. The number of rotatable bonds is 7. The highest BCUT2D eigenvalue weighted by molar-refractivity contribution is 7.99. The SMILES string of the molecule is Cc1ccc(SCCC(=O)Nc2ccc(Cl)cc2C(=O)c2ccccc2)cc1. The molecule has 0 aliphatic rings. The monoisotopic (exact) mass is 409 g/mol. The van der Waals surface area contributed by atoms with Crippen molar-refractivity contribution in [3.8, 4) is 0 Å². The third kappa shape index (κ3) is 5.47. The molecule has 3 aromatic carbocycles. The van der Waals surface area contributed by atoms with Crippen LogP contribution in [0.4, 0.5) is 5.69 Å². The van der Waals surface area contributed by atoms with Crippen LogP contribution < -0.4 is 5.32 Å². The van der Waals surface area contributed by atoms with Gasteiger partial charge in [0.25, 0.3) is 0 Å². The maximum atomic E-state index is 12.8. The summed E-state index contributed by atoms with van der Waals surface area (Å²) in [4.78, 5) is 26.3. The molecule has 5 heteroatoms. The number of halogens is 1. The Hall–Kier alpha value is -2.56. The highest BCUT2D eigenvalue weighted by Crippen LogP contribution is 2.24. The zero-order valence-electron chi connectivity index (χ0n) is 15.4. The average molecular weight is 410 g/mol. The van der Waals surface area contributed by atoms with E-state index in [1.807, 2.05) is 25.1 Å². The van der Waals surface area contributed by atoms with Crippen LogP contribution in [0.1, 0.15) is 27.9 Å². The number of carbonyl (C=O) groups excluding carboxylic acids is 2. The molecule has 0 atom stereocenters. The molecule has 0 saturated carbocycles. The number of benzene rings is 3. The molecular formula is C23H20ClNO2S. The molecule has 3 rings (SSSR count). The van der Waals surface area contributed by atoms with Crippen LogP contribution in [0.3, 0.4) is 0 Å². The lowest BCUT2D eigenvalue weighted by Crippen LogP contribution is -2.15. The van der Waals surface area contributed by atoms with Gasteiger partial charge in [-0.1, -0.05) is 59.6 Å². The first-order valence-corrected chi connectivity index (χ1v) is 10.3. The highest BCUT2D eigenvalue weighted by Gasteiger charge is 2.16. The summed E-state index contributed by atoms with van der Waals surface area (Å²) in [5.74, 6) is 0.348. The first-order chi connectivity index (χ1) is 13.5. The molecule has 0 bridgehead atoms. The van der Waals surface area contributed by atoms with Gasteiger partial charge in [-0.25, -0.2) is 0 Å². The Morgan fingerprint density at radius 2 is 1.68 bits per heavy atom. The second-order valence-corrected chi connectivity index (χ2v) is 7.95. The summed E-state index contributed by atoms with van der Waals surface area (Å²) in [5.41, 5.74) is 2.62. The molecule has 1 N–H and O–H groups in total. The first-order valence-electron chi connectivity index (χ1n) is 8.91. The molecule has 3 aromatic rings. The second-order valence-electron chi connectivity index (χ2n) is 6.34. The van der Waals surface area contributed by atoms with Crippen molar-refractivity contribution < 1.29 is 9.59 Å². The Morgan fingerprint density at radius 3 is 2.39 bits per heavy atom. The quantitative estimate of drug-likeness (QED) is 0.384. The van der Waals surface area contributed by atoms with Crippen molar-refractivity contribution in [3.05, 3.63) is 94.5 Å². The van der Waals surface area contributed by atoms with Crippen LogP contribution in [0.15, 0.2) is 77.7 Å². The van der Waals surface area contributed by atoms with E-state index in [0.717, 1.165) is 4.90 Å². The first kappa shape index (κ1) is 20.2. The molecule has 0 saturated heterocycles. The van der Waals surface area contributed by atoms with Crippen LogP contribution in [0.5, 0.6) is 0 Å². The Kier molecular flexibility index (Phi) is 6.90. The van der Waals surface area contributed by atoms with E-state index in [1.54, 1.807) is 54.2 Å². The number of ketones is 1. The van der Waals surface area contributed by atoms with Crippen LogP contribution >= 0.6 is 23.4 Å². The lowest BCUT2D eigenvalue weighted by Gasteiger charge is -2.11. The van der Waals surface area contributed by atoms with Gasteiger partial charge in [0, 0.05) is 33.2 Å². The summed E-state index contributed by atoms with van der Waals surface area (Å²) in [6, 6.07) is 22.1. The number of nitrogens with one attached hydrogen (secondary N) is 1. The smallest absolute Gasteiger partial charge is 0.225 e. The van der Waals surface area contributed by atoms with Gasteiger partial charge in [0.05, 0.1) is 5.69 Å². The van der Waals surface area contributed by atoms with Gasteiger partial charge in [-0.3, -0.25) is 9.59 Å². The summed E-state index contributed by atoms with van der Waals surface area (Å²) in [6.07, 6.45) is 0.347. The topological polar surface area (TPSA) is 46.2 Å². The molecule has 0 unspecified atom stereocenters. The molecule has 28 heavy (non-hydrogen) atoms. The lowest BCUT2D eigenvalue weighted by atomic mass is 10.0. The van der Waals surface area contributed by atoms with Crippen LogP contribution in [0.25, 0.3) is 0 Å². The zero-order valence-corrected chi connectivity index (χ0v) is 17.0. The van der Waals surface area contributed by atoms with Gasteiger partial charge in [0.2, 0.25) is 5.91 Å². The van der Waals surface area contributed by atoms with Crippen molar-refractivity contribution in [1.82, 2.24) is 0 Å². The number of aryl methyl sites for hydroxylation is 1. The van der Waals surface area contributed by atoms with Crippen molar-refractivity contribution in [3.63, 3.8) is 0 Å². The van der Waals surface area contributed by atoms with E-state index < -0.39 is 0 Å². The molecule has 0 heterocycles. The number of hydrogen-bond donors (Lipinski definition) is 1. The number of anilines is 1. The maximum Gasteiger partial charge on any atom is 0.225 e. The minimum absolute atomic E-state index is 0.135. The number of carbonyl (C=O) groups is 2. The molecular weight excluding hydrogens is 390 g/mol. The fourth-order valence-corrected chi connectivity index (χ4v) is 3.69. The van der Waals surface area contributed by atoms with Crippen molar-refractivity contribution in [2.24, 2.45) is 0 Å². The Morgan fingerprint density at radius 1 is 0.964 bits per heavy atom. The predicted octanol–water partition coefficient (Wildman–Crippen LogP) is 6.00. The summed E-state index contributed by atoms with van der Waals surface area (Å²) in [5, 5.41) is 3.30. The summed E-state index contributed by atoms with van der Waals surface area (Å²) in [6.45, 7) is 2.04. The van der Waals surface area contributed by atoms with E-state index in [0.29, 0.717) is 34.0 Å². The van der Waals surface area contributed by atoms with E-state index in [2.05, 4.69) is 17.4 Å². The number of amides is 1. The van der Waals surface area contributed by atoms with E-state index in [9.17, 15) is 9.59 Å². The Bertz CT molecular complexity index is 972. The minimum atomic E-state index is -0.174. The summed E-state index contributed by atoms with van der Waals surface area (Å²) in [7, 11) is 0. The third-order valence-electron chi connectivity index (χ3n) is 4.16. The third-order valence-corrected chi connectivity index (χ3v) is 5.40. The molecule has 1 amide bonds. The normalized spacial score (nSPS) is 10.5. The Labute approximate surface area is 174 Å². The van der Waals surface area contributed by atoms with E-state index in [4.69, 9.17) is 11.6 Å². The van der Waals surface area contributed by atoms with E-state index in [1.165, 1.54) is 5.56 Å². The molecule has 3 nitrogen and oxygen atoms in total. The minimum Gasteiger partial charge on any atom is -0.325 e. The van der Waals surface area contributed by atoms with Crippen LogP contribution in [0, 0.1) is 6.92 Å². The molecule has 0 radical (unpaired) electrons. The summed E-state index contributed by atoms with van der Waals surface area (Å²) < 4.78 is 0. The molecule has 0 aliphatic carbocycles. The van der Waals surface area contributed by atoms with Gasteiger partial charge in [-0.15, -0.1) is 11.8 Å². The second kappa shape index (κ2) is 9.58. The van der Waals surface area contributed by atoms with Crippen molar-refractivity contribution in [2.45, 2.75) is 18.2 Å². The maximum absolute atomic E-state index is 12.8. The zero-order chi connectivity index (χ0) is 19.9. The molecule has 0 fully saturated rings. The highest BCUT2D eigenvalue weighted by atomic mass is 35.5. The van der Waals surface area contributed by atoms with E-state index >= 15 is 0 Å². The van der Waals surface area contributed by atoms with Gasteiger partial charge in [0.1, 0.15) is 0 Å². The fraction of sp³-hybridized carbons (Fsp3) is 0.130. The largest absolute Gasteiger partial charge is 0.325 e. The number of hydrogen-bond acceptors (Lipinski definition) is 3. The van der Waals surface area contributed by atoms with Gasteiger partial charge in [-0.2, -0.15) is 0 Å². The van der Waals surface area contributed by atoms with Crippen LogP contribution in [-0.4, -0.2) is 17.4 Å². The van der Waals surface area contributed by atoms with Crippen molar-refractivity contribution in [1.29, 1.82) is 0 Å². The van der Waals surface area contributed by atoms with Gasteiger partial charge < -0.3 is 5.32 Å². The van der Waals surface area contributed by atoms with Crippen molar-refractivity contribution in [2.75, 3.05) is 11.1 Å².